The zero-order valence-electron chi connectivity index (χ0n) is 18.7. The quantitative estimate of drug-likeness (QED) is 0.369. The summed E-state index contributed by atoms with van der Waals surface area (Å²) >= 11 is 2.73. The summed E-state index contributed by atoms with van der Waals surface area (Å²) in [4.78, 5) is 28.8. The molecule has 1 aliphatic rings. The van der Waals surface area contributed by atoms with Crippen LogP contribution in [0.3, 0.4) is 0 Å². The topological polar surface area (TPSA) is 130 Å². The Morgan fingerprint density at radius 3 is 2.60 bits per heavy atom. The van der Waals surface area contributed by atoms with Crippen molar-refractivity contribution in [2.75, 3.05) is 42.1 Å². The Kier molecular flexibility index (Phi) is 6.77. The van der Waals surface area contributed by atoms with Crippen LogP contribution in [0.1, 0.15) is 16.2 Å². The number of benzene rings is 1. The number of carbonyl (C=O) groups excluding carboxylic acids is 2. The Morgan fingerprint density at radius 1 is 1.06 bits per heavy atom. The van der Waals surface area contributed by atoms with Crippen LogP contribution in [0.4, 0.5) is 10.9 Å². The van der Waals surface area contributed by atoms with Crippen molar-refractivity contribution in [1.82, 2.24) is 25.4 Å². The average molecular weight is 512 g/mol. The van der Waals surface area contributed by atoms with E-state index in [4.69, 9.17) is 9.05 Å². The SMILES string of the molecule is Cc1cc(NC(=O)CSc2nnc(N3CCN(C(=O)c4cc(-c5ccccc5)on4)CC3)s2)no1. The van der Waals surface area contributed by atoms with Gasteiger partial charge < -0.3 is 24.2 Å². The van der Waals surface area contributed by atoms with E-state index in [0.29, 0.717) is 53.6 Å². The first-order valence-electron chi connectivity index (χ1n) is 10.8. The summed E-state index contributed by atoms with van der Waals surface area (Å²) in [6.45, 7) is 4.08. The molecule has 0 bridgehead atoms. The predicted molar refractivity (Wildman–Crippen MR) is 131 cm³/mol. The highest BCUT2D eigenvalue weighted by atomic mass is 32.2. The predicted octanol–water partition coefficient (Wildman–Crippen LogP) is 3.18. The van der Waals surface area contributed by atoms with Crippen molar-refractivity contribution >= 4 is 45.9 Å². The molecule has 13 heteroatoms. The highest BCUT2D eigenvalue weighted by Gasteiger charge is 2.26. The molecule has 4 aromatic rings. The van der Waals surface area contributed by atoms with Gasteiger partial charge in [-0.3, -0.25) is 9.59 Å². The van der Waals surface area contributed by atoms with Crippen molar-refractivity contribution in [3.05, 3.63) is 53.9 Å². The Labute approximate surface area is 208 Å². The molecule has 4 heterocycles. The van der Waals surface area contributed by atoms with Crippen LogP contribution < -0.4 is 10.2 Å². The smallest absolute Gasteiger partial charge is 0.276 e. The van der Waals surface area contributed by atoms with E-state index in [1.165, 1.54) is 23.1 Å². The van der Waals surface area contributed by atoms with Gasteiger partial charge in [-0.25, -0.2) is 0 Å². The number of aromatic nitrogens is 4. The normalized spacial score (nSPS) is 13.7. The summed E-state index contributed by atoms with van der Waals surface area (Å²) < 4.78 is 11.0. The van der Waals surface area contributed by atoms with E-state index in [0.717, 1.165) is 10.7 Å². The molecule has 5 rings (SSSR count). The van der Waals surface area contributed by atoms with Crippen LogP contribution in [0.5, 0.6) is 0 Å². The zero-order valence-corrected chi connectivity index (χ0v) is 20.3. The van der Waals surface area contributed by atoms with Gasteiger partial charge in [0.25, 0.3) is 5.91 Å². The number of nitrogens with one attached hydrogen (secondary N) is 1. The highest BCUT2D eigenvalue weighted by molar-refractivity contribution is 8.01. The molecule has 180 valence electrons. The number of hydrogen-bond acceptors (Lipinski definition) is 11. The van der Waals surface area contributed by atoms with E-state index in [2.05, 4.69) is 30.7 Å². The molecule has 0 spiro atoms. The molecule has 1 aliphatic heterocycles. The highest BCUT2D eigenvalue weighted by Crippen LogP contribution is 2.29. The molecule has 1 fully saturated rings. The first kappa shape index (κ1) is 23.1. The summed E-state index contributed by atoms with van der Waals surface area (Å²) in [6.07, 6.45) is 0. The van der Waals surface area contributed by atoms with Gasteiger partial charge in [0, 0.05) is 43.9 Å². The van der Waals surface area contributed by atoms with Crippen LogP contribution in [0.15, 0.2) is 55.9 Å². The molecular formula is C22H21N7O4S2. The lowest BCUT2D eigenvalue weighted by Gasteiger charge is -2.33. The van der Waals surface area contributed by atoms with Crippen LogP contribution in [0.25, 0.3) is 11.3 Å². The number of amides is 2. The van der Waals surface area contributed by atoms with Crippen LogP contribution in [-0.4, -0.2) is 69.2 Å². The minimum Gasteiger partial charge on any atom is -0.360 e. The molecule has 3 aromatic heterocycles. The van der Waals surface area contributed by atoms with E-state index in [9.17, 15) is 9.59 Å². The van der Waals surface area contributed by atoms with Crippen molar-refractivity contribution in [1.29, 1.82) is 0 Å². The standard InChI is InChI=1S/C22H21N7O4S2/c1-14-11-18(27-32-14)23-19(30)13-34-22-25-24-21(35-22)29-9-7-28(8-10-29)20(31)16-12-17(33-26-16)15-5-3-2-4-6-15/h2-6,11-12H,7-10,13H2,1H3,(H,23,27,30). The first-order valence-corrected chi connectivity index (χ1v) is 12.6. The number of thioether (sulfide) groups is 1. The van der Waals surface area contributed by atoms with Crippen molar-refractivity contribution in [2.24, 2.45) is 0 Å². The largest absolute Gasteiger partial charge is 0.360 e. The fraction of sp³-hybridized carbons (Fsp3) is 0.273. The fourth-order valence-corrected chi connectivity index (χ4v) is 5.19. The first-order chi connectivity index (χ1) is 17.0. The Hall–Kier alpha value is -3.71. The lowest BCUT2D eigenvalue weighted by Crippen LogP contribution is -2.48. The third-order valence-corrected chi connectivity index (χ3v) is 7.36. The van der Waals surface area contributed by atoms with E-state index in [1.54, 1.807) is 24.0 Å². The Balaban J connectivity index is 1.11. The molecule has 0 aliphatic carbocycles. The molecule has 11 nitrogen and oxygen atoms in total. The number of piperazine rings is 1. The molecule has 35 heavy (non-hydrogen) atoms. The Bertz CT molecular complexity index is 1310. The van der Waals surface area contributed by atoms with E-state index in [1.807, 2.05) is 30.3 Å². The van der Waals surface area contributed by atoms with Gasteiger partial charge in [0.05, 0.1) is 5.75 Å². The molecular weight excluding hydrogens is 490 g/mol. The molecule has 0 saturated carbocycles. The van der Waals surface area contributed by atoms with Crippen molar-refractivity contribution < 1.29 is 18.6 Å². The number of rotatable bonds is 7. The number of nitrogens with zero attached hydrogens (tertiary/aromatic N) is 6. The summed E-state index contributed by atoms with van der Waals surface area (Å²) in [6, 6.07) is 12.9. The van der Waals surface area contributed by atoms with E-state index in [-0.39, 0.29) is 17.6 Å². The average Bonchev–Trinajstić information content (AvgIpc) is 3.64. The molecule has 0 unspecified atom stereocenters. The number of carbonyl (C=O) groups is 2. The number of aryl methyl sites for hydroxylation is 1. The summed E-state index contributed by atoms with van der Waals surface area (Å²) in [5.74, 6) is 1.41. The summed E-state index contributed by atoms with van der Waals surface area (Å²) in [7, 11) is 0. The number of anilines is 2. The van der Waals surface area contributed by atoms with E-state index < -0.39 is 0 Å². The van der Waals surface area contributed by atoms with Gasteiger partial charge in [0.1, 0.15) is 5.76 Å². The van der Waals surface area contributed by atoms with Gasteiger partial charge in [0.2, 0.25) is 11.0 Å². The lowest BCUT2D eigenvalue weighted by molar-refractivity contribution is -0.113. The zero-order chi connectivity index (χ0) is 24.2. The fourth-order valence-electron chi connectivity index (χ4n) is 3.50. The second kappa shape index (κ2) is 10.3. The molecule has 1 N–H and O–H groups in total. The van der Waals surface area contributed by atoms with Crippen LogP contribution >= 0.6 is 23.1 Å². The molecule has 1 saturated heterocycles. The second-order valence-corrected chi connectivity index (χ2v) is 9.91. The third-order valence-electron chi connectivity index (χ3n) is 5.24. The van der Waals surface area contributed by atoms with Crippen molar-refractivity contribution in [3.63, 3.8) is 0 Å². The summed E-state index contributed by atoms with van der Waals surface area (Å²) in [5, 5.41) is 19.6. The maximum Gasteiger partial charge on any atom is 0.276 e. The van der Waals surface area contributed by atoms with Crippen molar-refractivity contribution in [3.8, 4) is 11.3 Å². The third kappa shape index (κ3) is 5.52. The van der Waals surface area contributed by atoms with Gasteiger partial charge in [-0.2, -0.15) is 0 Å². The van der Waals surface area contributed by atoms with Gasteiger partial charge in [-0.15, -0.1) is 10.2 Å². The van der Waals surface area contributed by atoms with Gasteiger partial charge >= 0.3 is 0 Å². The van der Waals surface area contributed by atoms with E-state index >= 15 is 0 Å². The van der Waals surface area contributed by atoms with Crippen LogP contribution in [-0.2, 0) is 4.79 Å². The molecule has 0 atom stereocenters. The second-order valence-electron chi connectivity index (χ2n) is 7.73. The van der Waals surface area contributed by atoms with Crippen LogP contribution in [0.2, 0.25) is 0 Å². The lowest BCUT2D eigenvalue weighted by atomic mass is 10.1. The minimum atomic E-state index is -0.199. The molecule has 1 aromatic carbocycles. The van der Waals surface area contributed by atoms with Crippen LogP contribution in [0, 0.1) is 6.92 Å². The molecule has 0 radical (unpaired) electrons. The minimum absolute atomic E-state index is 0.155. The van der Waals surface area contributed by atoms with Gasteiger partial charge in [-0.05, 0) is 6.92 Å². The molecule has 2 amide bonds. The van der Waals surface area contributed by atoms with Gasteiger partial charge in [0.15, 0.2) is 21.6 Å². The van der Waals surface area contributed by atoms with Crippen molar-refractivity contribution in [2.45, 2.75) is 11.3 Å². The maximum absolute atomic E-state index is 12.9. The summed E-state index contributed by atoms with van der Waals surface area (Å²) in [5.41, 5.74) is 1.17. The monoisotopic (exact) mass is 511 g/mol. The Morgan fingerprint density at radius 2 is 1.86 bits per heavy atom. The maximum atomic E-state index is 12.9. The van der Waals surface area contributed by atoms with Gasteiger partial charge in [-0.1, -0.05) is 63.7 Å². The number of hydrogen-bond donors (Lipinski definition) is 1.